The standard InChI is InChI=1S/C17H22ClN3O/c1-10-13(18)5-4-12-14(10)22-20-16(12)19-15-11-6-8-21(9-7-11)17(15,2)3/h4-5,11,15H,6-9H2,1-3H3,(H,19,20)/t15-/m1/s1. The molecule has 0 saturated carbocycles. The Morgan fingerprint density at radius 1 is 1.32 bits per heavy atom. The quantitative estimate of drug-likeness (QED) is 0.905. The van der Waals surface area contributed by atoms with E-state index in [1.165, 1.54) is 25.9 Å². The number of rotatable bonds is 2. The number of aryl methyl sites for hydroxylation is 1. The fourth-order valence-corrected chi connectivity index (χ4v) is 4.39. The minimum absolute atomic E-state index is 0.147. The third-order valence-corrected chi connectivity index (χ3v) is 6.11. The number of halogens is 1. The number of hydrogen-bond donors (Lipinski definition) is 1. The van der Waals surface area contributed by atoms with E-state index in [0.717, 1.165) is 27.4 Å². The summed E-state index contributed by atoms with van der Waals surface area (Å²) < 4.78 is 5.54. The highest BCUT2D eigenvalue weighted by Crippen LogP contribution is 2.41. The van der Waals surface area contributed by atoms with Crippen molar-refractivity contribution in [3.05, 3.63) is 22.7 Å². The van der Waals surface area contributed by atoms with Crippen LogP contribution in [0.3, 0.4) is 0 Å². The molecule has 2 bridgehead atoms. The number of nitrogens with zero attached hydrogens (tertiary/aromatic N) is 2. The van der Waals surface area contributed by atoms with Crippen molar-refractivity contribution in [2.45, 2.75) is 45.2 Å². The van der Waals surface area contributed by atoms with Gasteiger partial charge in [0.1, 0.15) is 0 Å². The molecular weight excluding hydrogens is 298 g/mol. The molecule has 3 aliphatic rings. The Bertz CT molecular complexity index is 716. The Labute approximate surface area is 135 Å². The molecule has 1 aromatic heterocycles. The summed E-state index contributed by atoms with van der Waals surface area (Å²) in [6.07, 6.45) is 2.53. The number of aromatic nitrogens is 1. The van der Waals surface area contributed by atoms with Crippen molar-refractivity contribution in [3.8, 4) is 0 Å². The first kappa shape index (κ1) is 14.3. The molecule has 3 fully saturated rings. The molecule has 0 spiro atoms. The van der Waals surface area contributed by atoms with Gasteiger partial charge in [-0.05, 0) is 64.8 Å². The van der Waals surface area contributed by atoms with Gasteiger partial charge in [-0.25, -0.2) is 0 Å². The summed E-state index contributed by atoms with van der Waals surface area (Å²) in [4.78, 5) is 2.59. The van der Waals surface area contributed by atoms with Crippen LogP contribution in [0, 0.1) is 12.8 Å². The average Bonchev–Trinajstić information content (AvgIpc) is 2.91. The lowest BCUT2D eigenvalue weighted by molar-refractivity contribution is -0.0189. The maximum Gasteiger partial charge on any atom is 0.177 e. The zero-order chi connectivity index (χ0) is 15.5. The Morgan fingerprint density at radius 2 is 2.05 bits per heavy atom. The highest BCUT2D eigenvalue weighted by molar-refractivity contribution is 6.32. The molecule has 5 heteroatoms. The summed E-state index contributed by atoms with van der Waals surface area (Å²) in [5.74, 6) is 1.56. The van der Waals surface area contributed by atoms with E-state index in [2.05, 4.69) is 29.2 Å². The number of nitrogens with one attached hydrogen (secondary N) is 1. The van der Waals surface area contributed by atoms with Gasteiger partial charge in [-0.1, -0.05) is 16.8 Å². The van der Waals surface area contributed by atoms with E-state index in [9.17, 15) is 0 Å². The second kappa shape index (κ2) is 4.87. The van der Waals surface area contributed by atoms with Gasteiger partial charge in [-0.15, -0.1) is 0 Å². The van der Waals surface area contributed by atoms with E-state index in [1.54, 1.807) is 0 Å². The van der Waals surface area contributed by atoms with Gasteiger partial charge < -0.3 is 9.84 Å². The molecule has 1 aromatic carbocycles. The minimum Gasteiger partial charge on any atom is -0.362 e. The van der Waals surface area contributed by atoms with Crippen LogP contribution in [-0.2, 0) is 0 Å². The second-order valence-electron chi connectivity index (χ2n) is 7.18. The van der Waals surface area contributed by atoms with Crippen molar-refractivity contribution in [1.29, 1.82) is 0 Å². The van der Waals surface area contributed by atoms with Gasteiger partial charge >= 0.3 is 0 Å². The largest absolute Gasteiger partial charge is 0.362 e. The summed E-state index contributed by atoms with van der Waals surface area (Å²) >= 11 is 6.17. The van der Waals surface area contributed by atoms with Gasteiger partial charge in [0, 0.05) is 22.2 Å². The Balaban J connectivity index is 1.70. The summed E-state index contributed by atoms with van der Waals surface area (Å²) in [6.45, 7) is 9.06. The number of benzene rings is 1. The van der Waals surface area contributed by atoms with Gasteiger partial charge in [-0.2, -0.15) is 0 Å². The molecule has 4 heterocycles. The van der Waals surface area contributed by atoms with Crippen molar-refractivity contribution in [1.82, 2.24) is 10.1 Å². The number of hydrogen-bond acceptors (Lipinski definition) is 4. The lowest BCUT2D eigenvalue weighted by Gasteiger charge is -2.56. The fourth-order valence-electron chi connectivity index (χ4n) is 4.24. The Kier molecular flexibility index (Phi) is 3.17. The lowest BCUT2D eigenvalue weighted by atomic mass is 9.72. The molecule has 118 valence electrons. The third kappa shape index (κ3) is 1.97. The van der Waals surface area contributed by atoms with Crippen LogP contribution >= 0.6 is 11.6 Å². The van der Waals surface area contributed by atoms with Gasteiger partial charge in [-0.3, -0.25) is 4.90 Å². The number of fused-ring (bicyclic) bond motifs is 4. The van der Waals surface area contributed by atoms with Crippen molar-refractivity contribution < 1.29 is 4.52 Å². The van der Waals surface area contributed by atoms with E-state index >= 15 is 0 Å². The number of piperidine rings is 3. The molecule has 0 amide bonds. The van der Waals surface area contributed by atoms with Crippen LogP contribution in [0.25, 0.3) is 11.0 Å². The topological polar surface area (TPSA) is 41.3 Å². The minimum atomic E-state index is 0.147. The summed E-state index contributed by atoms with van der Waals surface area (Å²) in [7, 11) is 0. The normalized spacial score (nSPS) is 29.9. The van der Waals surface area contributed by atoms with Crippen LogP contribution in [0.4, 0.5) is 5.82 Å². The monoisotopic (exact) mass is 319 g/mol. The molecular formula is C17H22ClN3O. The molecule has 22 heavy (non-hydrogen) atoms. The van der Waals surface area contributed by atoms with Crippen molar-refractivity contribution in [3.63, 3.8) is 0 Å². The van der Waals surface area contributed by atoms with E-state index in [0.29, 0.717) is 12.0 Å². The van der Waals surface area contributed by atoms with Crippen molar-refractivity contribution in [2.75, 3.05) is 18.4 Å². The van der Waals surface area contributed by atoms with Gasteiger partial charge in [0.2, 0.25) is 0 Å². The first-order valence-corrected chi connectivity index (χ1v) is 8.42. The van der Waals surface area contributed by atoms with E-state index in [4.69, 9.17) is 16.1 Å². The SMILES string of the molecule is Cc1c(Cl)ccc2c(N[C@@H]3C4CCN(CC4)C3(C)C)noc12. The fraction of sp³-hybridized carbons (Fsp3) is 0.588. The molecule has 0 radical (unpaired) electrons. The van der Waals surface area contributed by atoms with E-state index in [-0.39, 0.29) is 5.54 Å². The van der Waals surface area contributed by atoms with Crippen LogP contribution in [0.2, 0.25) is 5.02 Å². The van der Waals surface area contributed by atoms with Crippen LogP contribution in [-0.4, -0.2) is 34.7 Å². The third-order valence-electron chi connectivity index (χ3n) is 5.70. The van der Waals surface area contributed by atoms with Crippen LogP contribution in [0.5, 0.6) is 0 Å². The van der Waals surface area contributed by atoms with E-state index in [1.807, 2.05) is 19.1 Å². The number of anilines is 1. The molecule has 2 aromatic rings. The zero-order valence-electron chi connectivity index (χ0n) is 13.3. The molecule has 1 N–H and O–H groups in total. The van der Waals surface area contributed by atoms with Crippen molar-refractivity contribution in [2.24, 2.45) is 5.92 Å². The van der Waals surface area contributed by atoms with Gasteiger partial charge in [0.05, 0.1) is 5.39 Å². The summed E-state index contributed by atoms with van der Waals surface area (Å²) in [5.41, 5.74) is 1.88. The first-order chi connectivity index (χ1) is 10.5. The van der Waals surface area contributed by atoms with Crippen LogP contribution in [0.15, 0.2) is 16.7 Å². The highest BCUT2D eigenvalue weighted by Gasteiger charge is 2.47. The lowest BCUT2D eigenvalue weighted by Crippen LogP contribution is -2.66. The maximum absolute atomic E-state index is 6.17. The molecule has 3 aliphatic heterocycles. The maximum atomic E-state index is 6.17. The summed E-state index contributed by atoms with van der Waals surface area (Å²) in [5, 5.41) is 9.70. The predicted molar refractivity (Wildman–Crippen MR) is 89.5 cm³/mol. The smallest absolute Gasteiger partial charge is 0.177 e. The first-order valence-electron chi connectivity index (χ1n) is 8.04. The molecule has 4 nitrogen and oxygen atoms in total. The highest BCUT2D eigenvalue weighted by atomic mass is 35.5. The predicted octanol–water partition coefficient (Wildman–Crippen LogP) is 4.07. The van der Waals surface area contributed by atoms with Gasteiger partial charge in [0.15, 0.2) is 11.4 Å². The van der Waals surface area contributed by atoms with Crippen molar-refractivity contribution >= 4 is 28.4 Å². The molecule has 5 rings (SSSR count). The zero-order valence-corrected chi connectivity index (χ0v) is 14.1. The Morgan fingerprint density at radius 3 is 2.73 bits per heavy atom. The van der Waals surface area contributed by atoms with Gasteiger partial charge in [0.25, 0.3) is 0 Å². The second-order valence-corrected chi connectivity index (χ2v) is 7.59. The molecule has 1 atom stereocenters. The Hall–Kier alpha value is -1.26. The van der Waals surface area contributed by atoms with Crippen LogP contribution < -0.4 is 5.32 Å². The molecule has 3 saturated heterocycles. The molecule has 0 aliphatic carbocycles. The van der Waals surface area contributed by atoms with E-state index < -0.39 is 0 Å². The van der Waals surface area contributed by atoms with Crippen LogP contribution in [0.1, 0.15) is 32.3 Å². The summed E-state index contributed by atoms with van der Waals surface area (Å²) in [6, 6.07) is 4.32. The molecule has 0 unspecified atom stereocenters. The average molecular weight is 320 g/mol.